The minimum atomic E-state index is -2.26. The maximum atomic E-state index is 14.6. The molecule has 138 valence electrons. The molecule has 0 aliphatic carbocycles. The number of nitriles is 2. The molecule has 6 nitrogen and oxygen atoms in total. The van der Waals surface area contributed by atoms with Crippen LogP contribution in [0.5, 0.6) is 0 Å². The highest BCUT2D eigenvalue weighted by atomic mass is 19.2. The van der Waals surface area contributed by atoms with E-state index >= 15 is 0 Å². The van der Waals surface area contributed by atoms with Crippen molar-refractivity contribution in [3.8, 4) is 12.1 Å². The van der Waals surface area contributed by atoms with E-state index < -0.39 is 52.0 Å². The van der Waals surface area contributed by atoms with E-state index in [4.69, 9.17) is 20.0 Å². The number of benzene rings is 1. The van der Waals surface area contributed by atoms with Gasteiger partial charge in [0.15, 0.2) is 17.6 Å². The number of halogens is 3. The van der Waals surface area contributed by atoms with E-state index in [0.717, 1.165) is 0 Å². The number of hydrogen-bond donors (Lipinski definition) is 0. The lowest BCUT2D eigenvalue weighted by molar-refractivity contribution is -0.157. The molecule has 0 unspecified atom stereocenters. The Bertz CT molecular complexity index is 777. The van der Waals surface area contributed by atoms with Gasteiger partial charge in [0.1, 0.15) is 29.1 Å². The second kappa shape index (κ2) is 9.42. The second-order valence-corrected chi connectivity index (χ2v) is 5.10. The predicted octanol–water partition coefficient (Wildman–Crippen LogP) is 2.84. The standard InChI is InChI=1S/C17H15F3N2O4/c1-3-5-25-16(23)12(17(24)26-6-4-2)11-13(18)9(7-21)10(8-22)14(19)15(11)20/h12H,3-6H2,1-2H3. The van der Waals surface area contributed by atoms with Gasteiger partial charge in [-0.1, -0.05) is 13.8 Å². The number of carbonyl (C=O) groups excluding carboxylic acids is 2. The van der Waals surface area contributed by atoms with E-state index in [1.54, 1.807) is 13.8 Å². The van der Waals surface area contributed by atoms with Gasteiger partial charge in [0.2, 0.25) is 0 Å². The van der Waals surface area contributed by atoms with Gasteiger partial charge < -0.3 is 9.47 Å². The lowest BCUT2D eigenvalue weighted by Gasteiger charge is -2.18. The molecule has 9 heteroatoms. The monoisotopic (exact) mass is 368 g/mol. The van der Waals surface area contributed by atoms with Crippen molar-refractivity contribution in [3.05, 3.63) is 34.1 Å². The van der Waals surface area contributed by atoms with Crippen LogP contribution in [0, 0.1) is 40.1 Å². The quantitative estimate of drug-likeness (QED) is 0.417. The number of ether oxygens (including phenoxy) is 2. The lowest BCUT2D eigenvalue weighted by atomic mass is 9.93. The normalized spacial score (nSPS) is 10.2. The largest absolute Gasteiger partial charge is 0.465 e. The van der Waals surface area contributed by atoms with Gasteiger partial charge in [0.05, 0.1) is 18.8 Å². The van der Waals surface area contributed by atoms with E-state index in [9.17, 15) is 22.8 Å². The van der Waals surface area contributed by atoms with E-state index in [-0.39, 0.29) is 13.2 Å². The average molecular weight is 368 g/mol. The molecule has 1 aromatic rings. The molecule has 0 heterocycles. The van der Waals surface area contributed by atoms with Crippen molar-refractivity contribution in [2.75, 3.05) is 13.2 Å². The highest BCUT2D eigenvalue weighted by molar-refractivity contribution is 6.01. The van der Waals surface area contributed by atoms with Crippen molar-refractivity contribution >= 4 is 11.9 Å². The molecule has 0 aliphatic rings. The van der Waals surface area contributed by atoms with Crippen LogP contribution in [-0.2, 0) is 19.1 Å². The molecule has 0 radical (unpaired) electrons. The van der Waals surface area contributed by atoms with Crippen LogP contribution in [0.3, 0.4) is 0 Å². The van der Waals surface area contributed by atoms with Gasteiger partial charge in [0, 0.05) is 0 Å². The molecule has 0 spiro atoms. The summed E-state index contributed by atoms with van der Waals surface area (Å²) in [6, 6.07) is 2.41. The molecule has 0 fully saturated rings. The summed E-state index contributed by atoms with van der Waals surface area (Å²) in [6.45, 7) is 3.00. The molecule has 0 saturated carbocycles. The molecule has 0 amide bonds. The summed E-state index contributed by atoms with van der Waals surface area (Å²) in [5.41, 5.74) is -3.59. The number of hydrogen-bond acceptors (Lipinski definition) is 6. The first-order chi connectivity index (χ1) is 12.3. The first-order valence-corrected chi connectivity index (χ1v) is 7.69. The third-order valence-corrected chi connectivity index (χ3v) is 3.24. The second-order valence-electron chi connectivity index (χ2n) is 5.10. The highest BCUT2D eigenvalue weighted by Gasteiger charge is 2.40. The molecule has 0 atom stereocenters. The minimum Gasteiger partial charge on any atom is -0.465 e. The fourth-order valence-corrected chi connectivity index (χ4v) is 2.05. The minimum absolute atomic E-state index is 0.149. The Morgan fingerprint density at radius 1 is 0.885 bits per heavy atom. The van der Waals surface area contributed by atoms with Gasteiger partial charge >= 0.3 is 11.9 Å². The molecule has 0 bridgehead atoms. The molecular formula is C17H15F3N2O4. The average Bonchev–Trinajstić information content (AvgIpc) is 2.63. The van der Waals surface area contributed by atoms with E-state index in [2.05, 4.69) is 0 Å². The summed E-state index contributed by atoms with van der Waals surface area (Å²) in [7, 11) is 0. The molecule has 26 heavy (non-hydrogen) atoms. The van der Waals surface area contributed by atoms with Gasteiger partial charge in [-0.05, 0) is 12.8 Å². The van der Waals surface area contributed by atoms with Crippen LogP contribution < -0.4 is 0 Å². The van der Waals surface area contributed by atoms with Crippen molar-refractivity contribution in [1.29, 1.82) is 10.5 Å². The van der Waals surface area contributed by atoms with Crippen LogP contribution in [-0.4, -0.2) is 25.2 Å². The van der Waals surface area contributed by atoms with Crippen LogP contribution in [0.15, 0.2) is 0 Å². The van der Waals surface area contributed by atoms with Crippen LogP contribution in [0.25, 0.3) is 0 Å². The molecule has 0 aliphatic heterocycles. The van der Waals surface area contributed by atoms with Gasteiger partial charge in [0.25, 0.3) is 0 Å². The van der Waals surface area contributed by atoms with Crippen molar-refractivity contribution in [2.24, 2.45) is 0 Å². The van der Waals surface area contributed by atoms with Crippen LogP contribution >= 0.6 is 0 Å². The Labute approximate surface area is 147 Å². The number of nitrogens with zero attached hydrogens (tertiary/aromatic N) is 2. The molecule has 1 aromatic carbocycles. The van der Waals surface area contributed by atoms with E-state index in [1.807, 2.05) is 0 Å². The predicted molar refractivity (Wildman–Crippen MR) is 81.0 cm³/mol. The number of carbonyl (C=O) groups is 2. The van der Waals surface area contributed by atoms with Crippen molar-refractivity contribution in [3.63, 3.8) is 0 Å². The summed E-state index contributed by atoms with van der Waals surface area (Å²) in [4.78, 5) is 24.3. The molecule has 0 aromatic heterocycles. The van der Waals surface area contributed by atoms with E-state index in [1.165, 1.54) is 12.1 Å². The summed E-state index contributed by atoms with van der Waals surface area (Å²) in [5, 5.41) is 17.8. The van der Waals surface area contributed by atoms with Crippen LogP contribution in [0.1, 0.15) is 49.3 Å². The van der Waals surface area contributed by atoms with Crippen molar-refractivity contribution in [2.45, 2.75) is 32.6 Å². The maximum absolute atomic E-state index is 14.6. The SMILES string of the molecule is CCCOC(=O)C(C(=O)OCCC)c1c(F)c(F)c(C#N)c(C#N)c1F. The Balaban J connectivity index is 3.63. The molecule has 1 rings (SSSR count). The zero-order valence-electron chi connectivity index (χ0n) is 14.1. The zero-order chi connectivity index (χ0) is 19.9. The first-order valence-electron chi connectivity index (χ1n) is 7.69. The third-order valence-electron chi connectivity index (χ3n) is 3.24. The van der Waals surface area contributed by atoms with E-state index in [0.29, 0.717) is 12.8 Å². The highest BCUT2D eigenvalue weighted by Crippen LogP contribution is 2.31. The summed E-state index contributed by atoms with van der Waals surface area (Å²) in [5.74, 6) is -10.4. The number of esters is 2. The molecular weight excluding hydrogens is 353 g/mol. The summed E-state index contributed by atoms with van der Waals surface area (Å²) < 4.78 is 52.5. The van der Waals surface area contributed by atoms with Gasteiger partial charge in [-0.3, -0.25) is 9.59 Å². The maximum Gasteiger partial charge on any atom is 0.325 e. The molecule has 0 N–H and O–H groups in total. The van der Waals surface area contributed by atoms with Gasteiger partial charge in [-0.15, -0.1) is 0 Å². The van der Waals surface area contributed by atoms with Crippen LogP contribution in [0.4, 0.5) is 13.2 Å². The summed E-state index contributed by atoms with van der Waals surface area (Å²) >= 11 is 0. The van der Waals surface area contributed by atoms with Gasteiger partial charge in [-0.2, -0.15) is 10.5 Å². The summed E-state index contributed by atoms with van der Waals surface area (Å²) in [6.07, 6.45) is 0.719. The van der Waals surface area contributed by atoms with Crippen LogP contribution in [0.2, 0.25) is 0 Å². The molecule has 0 saturated heterocycles. The third kappa shape index (κ3) is 4.12. The number of rotatable bonds is 7. The first kappa shape index (κ1) is 21.0. The fraction of sp³-hybridized carbons (Fsp3) is 0.412. The van der Waals surface area contributed by atoms with Crippen molar-refractivity contribution in [1.82, 2.24) is 0 Å². The zero-order valence-corrected chi connectivity index (χ0v) is 14.1. The Morgan fingerprint density at radius 3 is 1.69 bits per heavy atom. The Kier molecular flexibility index (Phi) is 7.60. The fourth-order valence-electron chi connectivity index (χ4n) is 2.05. The van der Waals surface area contributed by atoms with Crippen molar-refractivity contribution < 1.29 is 32.2 Å². The Hall–Kier alpha value is -3.07. The van der Waals surface area contributed by atoms with Gasteiger partial charge in [-0.25, -0.2) is 13.2 Å². The smallest absolute Gasteiger partial charge is 0.325 e. The topological polar surface area (TPSA) is 100 Å². The lowest BCUT2D eigenvalue weighted by Crippen LogP contribution is -2.29. The Morgan fingerprint density at radius 2 is 1.31 bits per heavy atom.